The number of amides is 2. The Morgan fingerprint density at radius 2 is 1.96 bits per heavy atom. The van der Waals surface area contributed by atoms with Gasteiger partial charge in [-0.1, -0.05) is 29.3 Å². The van der Waals surface area contributed by atoms with E-state index < -0.39 is 6.03 Å². The molecule has 1 aromatic heterocycles. The Labute approximate surface area is 160 Å². The van der Waals surface area contributed by atoms with Crippen LogP contribution in [0.1, 0.15) is 11.4 Å². The lowest BCUT2D eigenvalue weighted by molar-refractivity contribution is 0.259. The average molecular weight is 391 g/mol. The van der Waals surface area contributed by atoms with Crippen molar-refractivity contribution in [2.45, 2.75) is 13.2 Å². The second-order valence-electron chi connectivity index (χ2n) is 5.55. The molecular formula is C18H16Cl2N4O2. The van der Waals surface area contributed by atoms with Crippen molar-refractivity contribution in [3.05, 3.63) is 76.3 Å². The van der Waals surface area contributed by atoms with Gasteiger partial charge in [0.2, 0.25) is 0 Å². The summed E-state index contributed by atoms with van der Waals surface area (Å²) in [5.41, 5.74) is 6.65. The van der Waals surface area contributed by atoms with Gasteiger partial charge in [-0.3, -0.25) is 0 Å². The summed E-state index contributed by atoms with van der Waals surface area (Å²) in [6.07, 6.45) is 3.56. The SMILES string of the molecule is NC(=O)Nc1cccc(OCc2nccn2Cc2cc(Cl)cc(Cl)c2)c1. The zero-order chi connectivity index (χ0) is 18.5. The van der Waals surface area contributed by atoms with Crippen LogP contribution in [-0.2, 0) is 13.2 Å². The zero-order valence-corrected chi connectivity index (χ0v) is 15.2. The molecule has 0 radical (unpaired) electrons. The van der Waals surface area contributed by atoms with E-state index in [2.05, 4.69) is 10.3 Å². The number of aromatic nitrogens is 2. The van der Waals surface area contributed by atoms with Crippen molar-refractivity contribution in [2.75, 3.05) is 5.32 Å². The van der Waals surface area contributed by atoms with Crippen LogP contribution in [0, 0.1) is 0 Å². The number of primary amides is 1. The maximum atomic E-state index is 10.9. The molecule has 0 aliphatic carbocycles. The van der Waals surface area contributed by atoms with Crippen molar-refractivity contribution in [3.8, 4) is 5.75 Å². The second-order valence-corrected chi connectivity index (χ2v) is 6.43. The van der Waals surface area contributed by atoms with Crippen LogP contribution in [-0.4, -0.2) is 15.6 Å². The topological polar surface area (TPSA) is 82.2 Å². The molecule has 6 nitrogen and oxygen atoms in total. The van der Waals surface area contributed by atoms with E-state index in [1.165, 1.54) is 0 Å². The number of hydrogen-bond donors (Lipinski definition) is 2. The van der Waals surface area contributed by atoms with Gasteiger partial charge in [0.05, 0.1) is 0 Å². The van der Waals surface area contributed by atoms with E-state index in [1.54, 1.807) is 36.5 Å². The predicted molar refractivity (Wildman–Crippen MR) is 102 cm³/mol. The van der Waals surface area contributed by atoms with E-state index in [-0.39, 0.29) is 6.61 Å². The van der Waals surface area contributed by atoms with Crippen LogP contribution < -0.4 is 15.8 Å². The fraction of sp³-hybridized carbons (Fsp3) is 0.111. The molecule has 0 atom stereocenters. The highest BCUT2D eigenvalue weighted by molar-refractivity contribution is 6.34. The van der Waals surface area contributed by atoms with Crippen molar-refractivity contribution in [1.82, 2.24) is 9.55 Å². The Hall–Kier alpha value is -2.70. The van der Waals surface area contributed by atoms with Crippen LogP contribution in [0.4, 0.5) is 10.5 Å². The van der Waals surface area contributed by atoms with E-state index in [0.717, 1.165) is 11.4 Å². The van der Waals surface area contributed by atoms with Crippen LogP contribution in [0.3, 0.4) is 0 Å². The molecule has 0 fully saturated rings. The van der Waals surface area contributed by atoms with Crippen LogP contribution >= 0.6 is 23.2 Å². The molecule has 134 valence electrons. The number of nitrogens with two attached hydrogens (primary N) is 1. The van der Waals surface area contributed by atoms with Gasteiger partial charge in [0.15, 0.2) is 0 Å². The molecule has 0 aliphatic heterocycles. The van der Waals surface area contributed by atoms with Gasteiger partial charge in [-0.25, -0.2) is 9.78 Å². The molecule has 0 spiro atoms. The third-order valence-corrected chi connectivity index (χ3v) is 3.98. The van der Waals surface area contributed by atoms with Crippen molar-refractivity contribution in [3.63, 3.8) is 0 Å². The first-order valence-corrected chi connectivity index (χ1v) is 8.49. The lowest BCUT2D eigenvalue weighted by Gasteiger charge is -2.11. The minimum atomic E-state index is -0.627. The van der Waals surface area contributed by atoms with Crippen LogP contribution in [0.25, 0.3) is 0 Å². The van der Waals surface area contributed by atoms with Gasteiger partial charge in [0.1, 0.15) is 18.2 Å². The van der Waals surface area contributed by atoms with Gasteiger partial charge < -0.3 is 20.4 Å². The average Bonchev–Trinajstić information content (AvgIpc) is 2.99. The Morgan fingerprint density at radius 1 is 1.19 bits per heavy atom. The number of nitrogens with one attached hydrogen (secondary N) is 1. The highest BCUT2D eigenvalue weighted by Crippen LogP contribution is 2.21. The summed E-state index contributed by atoms with van der Waals surface area (Å²) in [5, 5.41) is 3.68. The van der Waals surface area contributed by atoms with Crippen molar-refractivity contribution >= 4 is 34.9 Å². The minimum Gasteiger partial charge on any atom is -0.486 e. The second kappa shape index (κ2) is 8.12. The molecule has 2 amide bonds. The number of halogens is 2. The first kappa shape index (κ1) is 18.1. The number of hydrogen-bond acceptors (Lipinski definition) is 3. The maximum absolute atomic E-state index is 10.9. The van der Waals surface area contributed by atoms with Gasteiger partial charge >= 0.3 is 6.03 Å². The number of carbonyl (C=O) groups is 1. The Balaban J connectivity index is 1.68. The molecule has 2 aromatic carbocycles. The van der Waals surface area contributed by atoms with Gasteiger partial charge in [0, 0.05) is 40.7 Å². The van der Waals surface area contributed by atoms with Crippen LogP contribution in [0.2, 0.25) is 10.0 Å². The van der Waals surface area contributed by atoms with E-state index in [9.17, 15) is 4.79 Å². The molecule has 26 heavy (non-hydrogen) atoms. The number of nitrogens with zero attached hydrogens (tertiary/aromatic N) is 2. The monoisotopic (exact) mass is 390 g/mol. The number of carbonyl (C=O) groups excluding carboxylic acids is 1. The fourth-order valence-electron chi connectivity index (χ4n) is 2.48. The molecule has 0 saturated carbocycles. The molecule has 0 saturated heterocycles. The third-order valence-electron chi connectivity index (χ3n) is 3.55. The number of rotatable bonds is 6. The summed E-state index contributed by atoms with van der Waals surface area (Å²) >= 11 is 12.1. The van der Waals surface area contributed by atoms with Gasteiger partial charge in [-0.2, -0.15) is 0 Å². The Kier molecular flexibility index (Phi) is 5.65. The number of urea groups is 1. The van der Waals surface area contributed by atoms with Gasteiger partial charge in [0.25, 0.3) is 0 Å². The predicted octanol–water partition coefficient (Wildman–Crippen LogP) is 4.31. The van der Waals surface area contributed by atoms with Crippen molar-refractivity contribution < 1.29 is 9.53 Å². The Morgan fingerprint density at radius 3 is 2.69 bits per heavy atom. The summed E-state index contributed by atoms with van der Waals surface area (Å²) in [6.45, 7) is 0.837. The Bertz CT molecular complexity index is 907. The van der Waals surface area contributed by atoms with E-state index >= 15 is 0 Å². The maximum Gasteiger partial charge on any atom is 0.316 e. The van der Waals surface area contributed by atoms with Gasteiger partial charge in [-0.15, -0.1) is 0 Å². The number of ether oxygens (including phenoxy) is 1. The summed E-state index contributed by atoms with van der Waals surface area (Å²) < 4.78 is 7.72. The molecule has 3 aromatic rings. The summed E-state index contributed by atoms with van der Waals surface area (Å²) in [6, 6.07) is 11.7. The van der Waals surface area contributed by atoms with E-state index in [1.807, 2.05) is 22.9 Å². The van der Waals surface area contributed by atoms with Crippen LogP contribution in [0.5, 0.6) is 5.75 Å². The van der Waals surface area contributed by atoms with Crippen molar-refractivity contribution in [2.24, 2.45) is 5.73 Å². The highest BCUT2D eigenvalue weighted by Gasteiger charge is 2.07. The molecule has 8 heteroatoms. The fourth-order valence-corrected chi connectivity index (χ4v) is 3.05. The standard InChI is InChI=1S/C18H16Cl2N4O2/c19-13-6-12(7-14(20)8-13)10-24-5-4-22-17(24)11-26-16-3-1-2-15(9-16)23-18(21)25/h1-9H,10-11H2,(H3,21,23,25). The van der Waals surface area contributed by atoms with Crippen molar-refractivity contribution in [1.29, 1.82) is 0 Å². The summed E-state index contributed by atoms with van der Waals surface area (Å²) in [4.78, 5) is 15.3. The lowest BCUT2D eigenvalue weighted by atomic mass is 10.2. The number of anilines is 1. The first-order valence-electron chi connectivity index (χ1n) is 7.74. The van der Waals surface area contributed by atoms with E-state index in [4.69, 9.17) is 33.7 Å². The summed E-state index contributed by atoms with van der Waals surface area (Å²) in [7, 11) is 0. The summed E-state index contributed by atoms with van der Waals surface area (Å²) in [5.74, 6) is 1.34. The quantitative estimate of drug-likeness (QED) is 0.657. The normalized spacial score (nSPS) is 10.5. The van der Waals surface area contributed by atoms with Gasteiger partial charge in [-0.05, 0) is 35.9 Å². The molecular weight excluding hydrogens is 375 g/mol. The lowest BCUT2D eigenvalue weighted by Crippen LogP contribution is -2.19. The third kappa shape index (κ3) is 4.91. The van der Waals surface area contributed by atoms with E-state index in [0.29, 0.717) is 28.0 Å². The number of benzene rings is 2. The zero-order valence-electron chi connectivity index (χ0n) is 13.7. The molecule has 3 rings (SSSR count). The highest BCUT2D eigenvalue weighted by atomic mass is 35.5. The molecule has 3 N–H and O–H groups in total. The minimum absolute atomic E-state index is 0.265. The molecule has 0 bridgehead atoms. The first-order chi connectivity index (χ1) is 12.5. The number of imidazole rings is 1. The van der Waals surface area contributed by atoms with Crippen LogP contribution in [0.15, 0.2) is 54.9 Å². The largest absolute Gasteiger partial charge is 0.486 e. The molecule has 1 heterocycles. The molecule has 0 aliphatic rings. The molecule has 0 unspecified atom stereocenters. The smallest absolute Gasteiger partial charge is 0.316 e.